The van der Waals surface area contributed by atoms with Gasteiger partial charge < -0.3 is 4.90 Å². The van der Waals surface area contributed by atoms with Crippen LogP contribution in [0.25, 0.3) is 0 Å². The Bertz CT molecular complexity index is 189. The third kappa shape index (κ3) is 3.32. The zero-order chi connectivity index (χ0) is 10.6. The molecule has 0 aromatic heterocycles. The average molecular weight is 197 g/mol. The predicted molar refractivity (Wildman–Crippen MR) is 59.1 cm³/mol. The zero-order valence-electron chi connectivity index (χ0n) is 9.75. The Morgan fingerprint density at radius 1 is 1.43 bits per heavy atom. The summed E-state index contributed by atoms with van der Waals surface area (Å²) in [7, 11) is 0. The van der Waals surface area contributed by atoms with Crippen LogP contribution in [-0.4, -0.2) is 23.4 Å². The van der Waals surface area contributed by atoms with Gasteiger partial charge in [-0.3, -0.25) is 4.79 Å². The largest absolute Gasteiger partial charge is 0.340 e. The van der Waals surface area contributed by atoms with E-state index in [2.05, 4.69) is 18.7 Å². The molecule has 2 heteroatoms. The average Bonchev–Trinajstić information content (AvgIpc) is 2.15. The van der Waals surface area contributed by atoms with Crippen LogP contribution in [0.1, 0.15) is 52.9 Å². The van der Waals surface area contributed by atoms with Gasteiger partial charge in [-0.1, -0.05) is 13.8 Å². The second kappa shape index (κ2) is 5.38. The van der Waals surface area contributed by atoms with Crippen molar-refractivity contribution >= 4 is 5.91 Å². The van der Waals surface area contributed by atoms with Gasteiger partial charge in [0.05, 0.1) is 0 Å². The van der Waals surface area contributed by atoms with Crippen LogP contribution in [0, 0.1) is 5.92 Å². The van der Waals surface area contributed by atoms with Crippen molar-refractivity contribution in [3.05, 3.63) is 0 Å². The molecule has 0 bridgehead atoms. The van der Waals surface area contributed by atoms with Crippen LogP contribution in [0.5, 0.6) is 0 Å². The summed E-state index contributed by atoms with van der Waals surface area (Å²) in [6.07, 6.45) is 6.14. The minimum atomic E-state index is 0.262. The maximum atomic E-state index is 11.4. The van der Waals surface area contributed by atoms with Gasteiger partial charge in [-0.05, 0) is 38.0 Å². The van der Waals surface area contributed by atoms with Gasteiger partial charge in [0.15, 0.2) is 0 Å². The van der Waals surface area contributed by atoms with Crippen molar-refractivity contribution in [2.24, 2.45) is 5.92 Å². The fraction of sp³-hybridized carbons (Fsp3) is 0.917. The molecule has 82 valence electrons. The van der Waals surface area contributed by atoms with Crippen molar-refractivity contribution in [2.45, 2.75) is 58.9 Å². The number of carbonyl (C=O) groups is 1. The van der Waals surface area contributed by atoms with Gasteiger partial charge in [-0.25, -0.2) is 0 Å². The van der Waals surface area contributed by atoms with Gasteiger partial charge in [-0.15, -0.1) is 0 Å². The maximum Gasteiger partial charge on any atom is 0.219 e. The van der Waals surface area contributed by atoms with E-state index in [0.29, 0.717) is 6.04 Å². The molecule has 1 atom stereocenters. The Morgan fingerprint density at radius 2 is 2.14 bits per heavy atom. The highest BCUT2D eigenvalue weighted by Gasteiger charge is 2.23. The summed E-state index contributed by atoms with van der Waals surface area (Å²) >= 11 is 0. The molecule has 1 amide bonds. The Balaban J connectivity index is 2.42. The van der Waals surface area contributed by atoms with Gasteiger partial charge in [0.2, 0.25) is 5.91 Å². The zero-order valence-corrected chi connectivity index (χ0v) is 9.75. The van der Waals surface area contributed by atoms with Crippen LogP contribution in [0.2, 0.25) is 0 Å². The van der Waals surface area contributed by atoms with Gasteiger partial charge in [0, 0.05) is 19.5 Å². The Hall–Kier alpha value is -0.530. The quantitative estimate of drug-likeness (QED) is 0.681. The molecule has 0 aromatic rings. The molecule has 0 aliphatic carbocycles. The molecule has 0 radical (unpaired) electrons. The Labute approximate surface area is 87.7 Å². The second-order valence-electron chi connectivity index (χ2n) is 4.83. The van der Waals surface area contributed by atoms with Crippen molar-refractivity contribution < 1.29 is 4.79 Å². The van der Waals surface area contributed by atoms with Crippen molar-refractivity contribution in [2.75, 3.05) is 6.54 Å². The van der Waals surface area contributed by atoms with Gasteiger partial charge in [0.1, 0.15) is 0 Å². The lowest BCUT2D eigenvalue weighted by molar-refractivity contribution is -0.132. The van der Waals surface area contributed by atoms with Crippen LogP contribution < -0.4 is 0 Å². The number of carbonyl (C=O) groups excluding carboxylic acids is 1. The van der Waals surface area contributed by atoms with Crippen molar-refractivity contribution in [1.82, 2.24) is 4.90 Å². The summed E-state index contributed by atoms with van der Waals surface area (Å²) in [6, 6.07) is 0.531. The lowest BCUT2D eigenvalue weighted by atomic mass is 9.95. The molecule has 0 aromatic carbocycles. The Morgan fingerprint density at radius 3 is 2.71 bits per heavy atom. The summed E-state index contributed by atoms with van der Waals surface area (Å²) in [5, 5.41) is 0. The van der Waals surface area contributed by atoms with E-state index in [0.717, 1.165) is 12.5 Å². The molecule has 1 fully saturated rings. The summed E-state index contributed by atoms with van der Waals surface area (Å²) in [5.74, 6) is 1.02. The summed E-state index contributed by atoms with van der Waals surface area (Å²) in [4.78, 5) is 13.5. The number of likely N-dealkylation sites (tertiary alicyclic amines) is 1. The summed E-state index contributed by atoms with van der Waals surface area (Å²) < 4.78 is 0. The van der Waals surface area contributed by atoms with Gasteiger partial charge >= 0.3 is 0 Å². The fourth-order valence-electron chi connectivity index (χ4n) is 2.24. The van der Waals surface area contributed by atoms with Crippen LogP contribution in [-0.2, 0) is 4.79 Å². The minimum absolute atomic E-state index is 0.262. The minimum Gasteiger partial charge on any atom is -0.340 e. The van der Waals surface area contributed by atoms with E-state index in [1.54, 1.807) is 6.92 Å². The molecule has 0 spiro atoms. The second-order valence-corrected chi connectivity index (χ2v) is 4.83. The molecule has 1 saturated heterocycles. The summed E-state index contributed by atoms with van der Waals surface area (Å²) in [5.41, 5.74) is 0. The number of nitrogens with zero attached hydrogens (tertiary/aromatic N) is 1. The van der Waals surface area contributed by atoms with E-state index < -0.39 is 0 Å². The van der Waals surface area contributed by atoms with Crippen molar-refractivity contribution in [3.8, 4) is 0 Å². The van der Waals surface area contributed by atoms with Crippen molar-refractivity contribution in [1.29, 1.82) is 0 Å². The van der Waals surface area contributed by atoms with Gasteiger partial charge in [-0.2, -0.15) is 0 Å². The number of amides is 1. The van der Waals surface area contributed by atoms with E-state index in [1.165, 1.54) is 32.1 Å². The topological polar surface area (TPSA) is 20.3 Å². The first-order chi connectivity index (χ1) is 6.61. The van der Waals surface area contributed by atoms with E-state index in [1.807, 2.05) is 0 Å². The van der Waals surface area contributed by atoms with Crippen LogP contribution in [0.3, 0.4) is 0 Å². The SMILES string of the molecule is CC(=O)N1CCCCC1CCC(C)C. The Kier molecular flexibility index (Phi) is 4.43. The molecule has 1 aliphatic heterocycles. The highest BCUT2D eigenvalue weighted by molar-refractivity contribution is 5.73. The van der Waals surface area contributed by atoms with Crippen LogP contribution in [0.15, 0.2) is 0 Å². The first kappa shape index (κ1) is 11.5. The first-order valence-corrected chi connectivity index (χ1v) is 5.88. The molecule has 1 unspecified atom stereocenters. The lowest BCUT2D eigenvalue weighted by Crippen LogP contribution is -2.42. The van der Waals surface area contributed by atoms with Gasteiger partial charge in [0.25, 0.3) is 0 Å². The van der Waals surface area contributed by atoms with E-state index >= 15 is 0 Å². The third-order valence-electron chi connectivity index (χ3n) is 3.11. The molecule has 2 nitrogen and oxygen atoms in total. The van der Waals surface area contributed by atoms with E-state index in [-0.39, 0.29) is 5.91 Å². The summed E-state index contributed by atoms with van der Waals surface area (Å²) in [6.45, 7) is 7.19. The highest BCUT2D eigenvalue weighted by Crippen LogP contribution is 2.22. The van der Waals surface area contributed by atoms with E-state index in [4.69, 9.17) is 0 Å². The molecular weight excluding hydrogens is 174 g/mol. The maximum absolute atomic E-state index is 11.4. The van der Waals surface area contributed by atoms with Crippen LogP contribution >= 0.6 is 0 Å². The molecule has 1 rings (SSSR count). The number of piperidine rings is 1. The molecular formula is C12H23NO. The van der Waals surface area contributed by atoms with E-state index in [9.17, 15) is 4.79 Å². The number of rotatable bonds is 3. The number of hydrogen-bond donors (Lipinski definition) is 0. The predicted octanol–water partition coefficient (Wildman–Crippen LogP) is 2.82. The van der Waals surface area contributed by atoms with Crippen LogP contribution in [0.4, 0.5) is 0 Å². The standard InChI is InChI=1S/C12H23NO/c1-10(2)7-8-12-6-4-5-9-13(12)11(3)14/h10,12H,4-9H2,1-3H3. The number of hydrogen-bond acceptors (Lipinski definition) is 1. The monoisotopic (exact) mass is 197 g/mol. The molecule has 1 aliphatic rings. The fourth-order valence-corrected chi connectivity index (χ4v) is 2.24. The molecule has 0 N–H and O–H groups in total. The molecule has 0 saturated carbocycles. The lowest BCUT2D eigenvalue weighted by Gasteiger charge is -2.35. The molecule has 1 heterocycles. The van der Waals surface area contributed by atoms with Crippen molar-refractivity contribution in [3.63, 3.8) is 0 Å². The third-order valence-corrected chi connectivity index (χ3v) is 3.11. The first-order valence-electron chi connectivity index (χ1n) is 5.88. The smallest absolute Gasteiger partial charge is 0.219 e. The molecule has 14 heavy (non-hydrogen) atoms. The highest BCUT2D eigenvalue weighted by atomic mass is 16.2. The normalized spacial score (nSPS) is 22.9.